The van der Waals surface area contributed by atoms with Gasteiger partial charge in [-0.3, -0.25) is 4.79 Å². The predicted molar refractivity (Wildman–Crippen MR) is 99.5 cm³/mol. The van der Waals surface area contributed by atoms with E-state index in [2.05, 4.69) is 10.3 Å². The van der Waals surface area contributed by atoms with Crippen molar-refractivity contribution in [3.05, 3.63) is 76.0 Å². The summed E-state index contributed by atoms with van der Waals surface area (Å²) in [5, 5.41) is 5.77. The SMILES string of the molecule is Cc1ccc(C(=O)NCCc2csc(-c3ccc(F)cc3)n2)c(C)c1. The zero-order valence-corrected chi connectivity index (χ0v) is 15.0. The number of benzene rings is 2. The first-order chi connectivity index (χ1) is 12.0. The molecule has 0 saturated heterocycles. The number of carbonyl (C=O) groups is 1. The van der Waals surface area contributed by atoms with Crippen molar-refractivity contribution < 1.29 is 9.18 Å². The van der Waals surface area contributed by atoms with Crippen molar-refractivity contribution in [1.82, 2.24) is 10.3 Å². The summed E-state index contributed by atoms with van der Waals surface area (Å²) in [6.45, 7) is 4.48. The predicted octanol–water partition coefficient (Wildman–Crippen LogP) is 4.54. The highest BCUT2D eigenvalue weighted by atomic mass is 32.1. The fraction of sp³-hybridized carbons (Fsp3) is 0.200. The molecule has 3 aromatic rings. The van der Waals surface area contributed by atoms with Crippen LogP contribution >= 0.6 is 11.3 Å². The number of hydrogen-bond donors (Lipinski definition) is 1. The first kappa shape index (κ1) is 17.3. The average Bonchev–Trinajstić information content (AvgIpc) is 3.04. The molecule has 1 amide bonds. The van der Waals surface area contributed by atoms with Crippen LogP contribution in [0.3, 0.4) is 0 Å². The van der Waals surface area contributed by atoms with E-state index in [9.17, 15) is 9.18 Å². The third-order valence-electron chi connectivity index (χ3n) is 3.94. The molecule has 0 aliphatic carbocycles. The maximum absolute atomic E-state index is 13.0. The third kappa shape index (κ3) is 4.31. The summed E-state index contributed by atoms with van der Waals surface area (Å²) in [5.74, 6) is -0.318. The summed E-state index contributed by atoms with van der Waals surface area (Å²) in [5.41, 5.74) is 4.65. The zero-order valence-electron chi connectivity index (χ0n) is 14.2. The van der Waals surface area contributed by atoms with Crippen molar-refractivity contribution in [2.75, 3.05) is 6.54 Å². The first-order valence-corrected chi connectivity index (χ1v) is 8.96. The Hall–Kier alpha value is -2.53. The molecule has 0 bridgehead atoms. The van der Waals surface area contributed by atoms with E-state index in [0.29, 0.717) is 18.5 Å². The van der Waals surface area contributed by atoms with Gasteiger partial charge in [-0.1, -0.05) is 17.7 Å². The van der Waals surface area contributed by atoms with Gasteiger partial charge in [0.25, 0.3) is 5.91 Å². The van der Waals surface area contributed by atoms with E-state index in [0.717, 1.165) is 27.4 Å². The van der Waals surface area contributed by atoms with E-state index in [1.165, 1.54) is 23.5 Å². The van der Waals surface area contributed by atoms with Gasteiger partial charge in [0.15, 0.2) is 0 Å². The van der Waals surface area contributed by atoms with Gasteiger partial charge >= 0.3 is 0 Å². The van der Waals surface area contributed by atoms with Crippen LogP contribution in [0.1, 0.15) is 27.2 Å². The van der Waals surface area contributed by atoms with E-state index in [-0.39, 0.29) is 11.7 Å². The minimum absolute atomic E-state index is 0.0634. The molecule has 3 rings (SSSR count). The molecule has 5 heteroatoms. The molecule has 3 nitrogen and oxygen atoms in total. The number of amides is 1. The van der Waals surface area contributed by atoms with Gasteiger partial charge in [0, 0.05) is 29.5 Å². The third-order valence-corrected chi connectivity index (χ3v) is 4.88. The molecule has 0 atom stereocenters. The van der Waals surface area contributed by atoms with Crippen LogP contribution < -0.4 is 5.32 Å². The minimum Gasteiger partial charge on any atom is -0.352 e. The zero-order chi connectivity index (χ0) is 17.8. The van der Waals surface area contributed by atoms with Crippen LogP contribution in [-0.2, 0) is 6.42 Å². The highest BCUT2D eigenvalue weighted by Gasteiger charge is 2.09. The molecular formula is C20H19FN2OS. The second-order valence-electron chi connectivity index (χ2n) is 5.98. The van der Waals surface area contributed by atoms with Gasteiger partial charge in [0.1, 0.15) is 10.8 Å². The van der Waals surface area contributed by atoms with Crippen molar-refractivity contribution in [1.29, 1.82) is 0 Å². The Morgan fingerprint density at radius 3 is 2.64 bits per heavy atom. The van der Waals surface area contributed by atoms with E-state index in [4.69, 9.17) is 0 Å². The smallest absolute Gasteiger partial charge is 0.251 e. The molecule has 0 aliphatic rings. The number of aryl methyl sites for hydroxylation is 2. The van der Waals surface area contributed by atoms with Gasteiger partial charge in [-0.2, -0.15) is 0 Å². The highest BCUT2D eigenvalue weighted by molar-refractivity contribution is 7.13. The van der Waals surface area contributed by atoms with Gasteiger partial charge in [-0.25, -0.2) is 9.37 Å². The van der Waals surface area contributed by atoms with Crippen LogP contribution in [0.25, 0.3) is 10.6 Å². The molecule has 0 spiro atoms. The summed E-state index contributed by atoms with van der Waals surface area (Å²) in [6, 6.07) is 12.1. The van der Waals surface area contributed by atoms with Gasteiger partial charge < -0.3 is 5.32 Å². The number of nitrogens with zero attached hydrogens (tertiary/aromatic N) is 1. The molecule has 0 saturated carbocycles. The topological polar surface area (TPSA) is 42.0 Å². The molecular weight excluding hydrogens is 335 g/mol. The molecule has 128 valence electrons. The Morgan fingerprint density at radius 2 is 1.92 bits per heavy atom. The summed E-state index contributed by atoms with van der Waals surface area (Å²) in [4.78, 5) is 16.8. The summed E-state index contributed by atoms with van der Waals surface area (Å²) in [7, 11) is 0. The Bertz CT molecular complexity index is 887. The van der Waals surface area contributed by atoms with Crippen LogP contribution in [0, 0.1) is 19.7 Å². The van der Waals surface area contributed by atoms with Gasteiger partial charge in [0.2, 0.25) is 0 Å². The van der Waals surface area contributed by atoms with Crippen molar-refractivity contribution in [2.24, 2.45) is 0 Å². The van der Waals surface area contributed by atoms with E-state index >= 15 is 0 Å². The fourth-order valence-corrected chi connectivity index (χ4v) is 3.47. The Labute approximate surface area is 150 Å². The lowest BCUT2D eigenvalue weighted by Crippen LogP contribution is -2.26. The van der Waals surface area contributed by atoms with Crippen molar-refractivity contribution in [2.45, 2.75) is 20.3 Å². The average molecular weight is 354 g/mol. The number of hydrogen-bond acceptors (Lipinski definition) is 3. The van der Waals surface area contributed by atoms with Crippen LogP contribution in [-0.4, -0.2) is 17.4 Å². The number of rotatable bonds is 5. The monoisotopic (exact) mass is 354 g/mol. The van der Waals surface area contributed by atoms with Crippen molar-refractivity contribution >= 4 is 17.2 Å². The number of thiazole rings is 1. The highest BCUT2D eigenvalue weighted by Crippen LogP contribution is 2.24. The van der Waals surface area contributed by atoms with Crippen LogP contribution in [0.4, 0.5) is 4.39 Å². The molecule has 1 N–H and O–H groups in total. The van der Waals surface area contributed by atoms with Gasteiger partial charge in [0.05, 0.1) is 5.69 Å². The van der Waals surface area contributed by atoms with E-state index in [1.807, 2.05) is 37.4 Å². The van der Waals surface area contributed by atoms with Crippen LogP contribution in [0.5, 0.6) is 0 Å². The Kier molecular flexibility index (Phi) is 5.24. The van der Waals surface area contributed by atoms with Crippen molar-refractivity contribution in [3.63, 3.8) is 0 Å². The fourth-order valence-electron chi connectivity index (χ4n) is 2.61. The number of nitrogens with one attached hydrogen (secondary N) is 1. The quantitative estimate of drug-likeness (QED) is 0.731. The molecule has 25 heavy (non-hydrogen) atoms. The van der Waals surface area contributed by atoms with E-state index < -0.39 is 0 Å². The largest absolute Gasteiger partial charge is 0.352 e. The molecule has 0 radical (unpaired) electrons. The molecule has 0 fully saturated rings. The van der Waals surface area contributed by atoms with Crippen LogP contribution in [0.2, 0.25) is 0 Å². The molecule has 0 unspecified atom stereocenters. The van der Waals surface area contributed by atoms with E-state index in [1.54, 1.807) is 12.1 Å². The summed E-state index contributed by atoms with van der Waals surface area (Å²) in [6.07, 6.45) is 0.661. The first-order valence-electron chi connectivity index (χ1n) is 8.09. The summed E-state index contributed by atoms with van der Waals surface area (Å²) >= 11 is 1.52. The second kappa shape index (κ2) is 7.57. The van der Waals surface area contributed by atoms with Gasteiger partial charge in [-0.05, 0) is 49.7 Å². The molecule has 1 aromatic heterocycles. The maximum Gasteiger partial charge on any atom is 0.251 e. The summed E-state index contributed by atoms with van der Waals surface area (Å²) < 4.78 is 13.0. The lowest BCUT2D eigenvalue weighted by Gasteiger charge is -2.07. The Balaban J connectivity index is 1.57. The number of aromatic nitrogens is 1. The molecule has 2 aromatic carbocycles. The maximum atomic E-state index is 13.0. The molecule has 0 aliphatic heterocycles. The number of halogens is 1. The lowest BCUT2D eigenvalue weighted by molar-refractivity contribution is 0.0953. The van der Waals surface area contributed by atoms with Crippen LogP contribution in [0.15, 0.2) is 47.8 Å². The van der Waals surface area contributed by atoms with Crippen molar-refractivity contribution in [3.8, 4) is 10.6 Å². The normalized spacial score (nSPS) is 10.7. The lowest BCUT2D eigenvalue weighted by atomic mass is 10.1. The number of carbonyl (C=O) groups excluding carboxylic acids is 1. The minimum atomic E-state index is -0.255. The standard InChI is InChI=1S/C20H19FN2OS/c1-13-3-8-18(14(2)11-13)19(24)22-10-9-17-12-25-20(23-17)15-4-6-16(21)7-5-15/h3-8,11-12H,9-10H2,1-2H3,(H,22,24). The Morgan fingerprint density at radius 1 is 1.16 bits per heavy atom. The second-order valence-corrected chi connectivity index (χ2v) is 6.83. The molecule has 1 heterocycles. The van der Waals surface area contributed by atoms with Gasteiger partial charge in [-0.15, -0.1) is 11.3 Å².